The van der Waals surface area contributed by atoms with Gasteiger partial charge in [0.1, 0.15) is 47.1 Å². The van der Waals surface area contributed by atoms with Crippen molar-refractivity contribution in [3.05, 3.63) is 89.5 Å². The molecule has 0 bridgehead atoms. The molecule has 2 heterocycles. The number of hydrogen-bond acceptors (Lipinski definition) is 11. The summed E-state index contributed by atoms with van der Waals surface area (Å²) in [7, 11) is 1.87. The van der Waals surface area contributed by atoms with Gasteiger partial charge in [-0.1, -0.05) is 109 Å². The third-order valence-corrected chi connectivity index (χ3v) is 21.7. The first-order valence-corrected chi connectivity index (χ1v) is 31.4. The van der Waals surface area contributed by atoms with Crippen LogP contribution in [0.1, 0.15) is 168 Å². The molecule has 5 N–H and O–H groups in total. The van der Waals surface area contributed by atoms with Gasteiger partial charge < -0.3 is 49.5 Å². The summed E-state index contributed by atoms with van der Waals surface area (Å²) in [5.41, 5.74) is 0.302. The zero-order valence-electron chi connectivity index (χ0n) is 49.5. The molecule has 3 aromatic carbocycles. The van der Waals surface area contributed by atoms with Gasteiger partial charge in [0.15, 0.2) is 6.29 Å². The van der Waals surface area contributed by atoms with Gasteiger partial charge in [0, 0.05) is 24.9 Å². The summed E-state index contributed by atoms with van der Waals surface area (Å²) < 4.78 is 18.6. The second kappa shape index (κ2) is 29.4. The number of aliphatic hydroxyl groups is 5. The van der Waals surface area contributed by atoms with Crippen LogP contribution in [-0.4, -0.2) is 140 Å². The second-order valence-electron chi connectivity index (χ2n) is 24.4. The molecule has 12 nitrogen and oxygen atoms in total. The summed E-state index contributed by atoms with van der Waals surface area (Å²) >= 11 is 0. The Balaban J connectivity index is 1.17. The number of carbonyl (C=O) groups is 2. The number of esters is 1. The molecule has 3 aromatic rings. The topological polar surface area (TPSA) is 169 Å². The first-order chi connectivity index (χ1) is 36.3. The highest BCUT2D eigenvalue weighted by molar-refractivity contribution is 7.95. The van der Waals surface area contributed by atoms with Crippen LogP contribution >= 0.6 is 7.26 Å². The van der Waals surface area contributed by atoms with E-state index in [9.17, 15) is 35.1 Å². The van der Waals surface area contributed by atoms with Gasteiger partial charge in [0.2, 0.25) is 5.91 Å². The number of likely N-dealkylation sites (N-methyl/N-ethyl adjacent to an activating group) is 1. The lowest BCUT2D eigenvalue weighted by atomic mass is 9.78. The highest BCUT2D eigenvalue weighted by atomic mass is 31.2. The van der Waals surface area contributed by atoms with Crippen molar-refractivity contribution in [1.82, 2.24) is 9.80 Å². The fraction of sp³-hybridized carbons (Fsp3) is 0.688. The molecule has 2 aliphatic heterocycles. The molecule has 2 fully saturated rings. The van der Waals surface area contributed by atoms with Gasteiger partial charge in [-0.25, -0.2) is 0 Å². The molecule has 0 aromatic heterocycles. The van der Waals surface area contributed by atoms with E-state index < -0.39 is 79.1 Å². The number of benzene rings is 3. The van der Waals surface area contributed by atoms with Crippen LogP contribution in [0.2, 0.25) is 0 Å². The molecule has 2 aliphatic rings. The minimum atomic E-state index is -1.95. The molecule has 14 atom stereocenters. The van der Waals surface area contributed by atoms with Crippen molar-refractivity contribution >= 4 is 35.1 Å². The Morgan fingerprint density at radius 2 is 1.22 bits per heavy atom. The lowest BCUT2D eigenvalue weighted by molar-refractivity contribution is -0.299. The minimum Gasteiger partial charge on any atom is -0.459 e. The Morgan fingerprint density at radius 3 is 1.69 bits per heavy atom. The molecule has 13 heteroatoms. The highest BCUT2D eigenvalue weighted by Gasteiger charge is 2.51. The van der Waals surface area contributed by atoms with Gasteiger partial charge >= 0.3 is 5.97 Å². The average molecular weight is 1090 g/mol. The maximum absolute atomic E-state index is 14.4. The first kappa shape index (κ1) is 64.5. The van der Waals surface area contributed by atoms with Gasteiger partial charge in [-0.15, -0.1) is 0 Å². The average Bonchev–Trinajstić information content (AvgIpc) is 3.38. The van der Waals surface area contributed by atoms with Crippen LogP contribution in [0.25, 0.3) is 0 Å². The zero-order chi connectivity index (χ0) is 56.8. The zero-order valence-corrected chi connectivity index (χ0v) is 50.4. The Labute approximate surface area is 465 Å². The summed E-state index contributed by atoms with van der Waals surface area (Å²) in [4.78, 5) is 31.7. The third-order valence-electron chi connectivity index (χ3n) is 17.2. The number of carbonyl (C=O) groups excluding carboxylic acids is 2. The Hall–Kier alpha value is -3.29. The van der Waals surface area contributed by atoms with E-state index in [0.29, 0.717) is 12.8 Å². The van der Waals surface area contributed by atoms with Crippen molar-refractivity contribution in [1.29, 1.82) is 0 Å². The quantitative estimate of drug-likeness (QED) is 0.0392. The van der Waals surface area contributed by atoms with Crippen LogP contribution in [0.4, 0.5) is 0 Å². The molecule has 432 valence electrons. The standard InChI is InChI=1S/C64H102N2O10P/c1-14-55-64(11,73)59(70)50(9)66(42-46(5)41-63(10,72)60(48(7)57(68)49(8)61(71)75-55)76-62-58(69)54(65(12)13)40-47(6)74-62)56(67)35-24-22-20-18-16-15-17-19-21-23-25-36-77(51-32-26-29-43(2)37-51,52-33-27-30-44(3)38-52)53-34-28-31-45(4)39-53/h26-34,37-39,46-50,54-55,57-60,62,68-70,72-73H,14-25,35-36,40-42H2,1-13H3/q+1/t46-,47-,48+,49-,50-,54+,55-,57+,58-,59-,60-,62+,63-,64-/m1/s1. The van der Waals surface area contributed by atoms with Crippen LogP contribution in [0.15, 0.2) is 72.8 Å². The number of cyclic esters (lactones) is 1. The van der Waals surface area contributed by atoms with E-state index >= 15 is 0 Å². The fourth-order valence-corrected chi connectivity index (χ4v) is 17.3. The molecular weight excluding hydrogens is 988 g/mol. The SMILES string of the molecule is CC[C@H]1OC(=O)[C@H](C)[C@@H](O)[C@H](C)[C@@H](O[C@@H]2O[C@H](C)C[C@H](N(C)C)[C@H]2O)[C@](C)(O)C[C@@H](C)CN(C(=O)CCCCCCCCCCCCC[P+](c2cccc(C)c2)(c2cccc(C)c2)c2cccc(C)c2)[C@H](C)[C@@H](O)[C@]1(C)O. The molecule has 5 rings (SSSR count). The summed E-state index contributed by atoms with van der Waals surface area (Å²) in [6.45, 7) is 20.3. The summed E-state index contributed by atoms with van der Waals surface area (Å²) in [5.74, 6) is -3.31. The molecule has 2 saturated heterocycles. The summed E-state index contributed by atoms with van der Waals surface area (Å²) in [6, 6.07) is 26.5. The predicted octanol–water partition coefficient (Wildman–Crippen LogP) is 9.47. The lowest BCUT2D eigenvalue weighted by Gasteiger charge is -2.46. The maximum atomic E-state index is 14.4. The van der Waals surface area contributed by atoms with E-state index in [4.69, 9.17) is 14.2 Å². The fourth-order valence-electron chi connectivity index (χ4n) is 12.6. The van der Waals surface area contributed by atoms with Crippen molar-refractivity contribution in [2.45, 2.75) is 239 Å². The number of aryl methyl sites for hydroxylation is 3. The third kappa shape index (κ3) is 16.9. The van der Waals surface area contributed by atoms with E-state index in [1.807, 2.05) is 32.8 Å². The Morgan fingerprint density at radius 1 is 0.740 bits per heavy atom. The predicted molar refractivity (Wildman–Crippen MR) is 314 cm³/mol. The minimum absolute atomic E-state index is 0.0988. The molecule has 1 amide bonds. The van der Waals surface area contributed by atoms with Gasteiger partial charge in [-0.3, -0.25) is 9.59 Å². The molecule has 0 saturated carbocycles. The Kier molecular flexibility index (Phi) is 24.7. The number of unbranched alkanes of at least 4 members (excludes halogenated alkanes) is 10. The van der Waals surface area contributed by atoms with Crippen molar-refractivity contribution in [3.8, 4) is 0 Å². The molecular formula is C64H102N2O10P+. The normalized spacial score (nSPS) is 31.2. The molecule has 0 unspecified atom stereocenters. The Bertz CT molecular complexity index is 2180. The number of ether oxygens (including phenoxy) is 3. The van der Waals surface area contributed by atoms with Crippen LogP contribution in [0, 0.1) is 38.5 Å². The van der Waals surface area contributed by atoms with E-state index in [2.05, 4.69) is 93.6 Å². The van der Waals surface area contributed by atoms with Crippen LogP contribution in [0.3, 0.4) is 0 Å². The van der Waals surface area contributed by atoms with Crippen molar-refractivity contribution < 1.29 is 49.3 Å². The van der Waals surface area contributed by atoms with E-state index in [-0.39, 0.29) is 49.8 Å². The van der Waals surface area contributed by atoms with Gasteiger partial charge in [-0.2, -0.15) is 0 Å². The van der Waals surface area contributed by atoms with E-state index in [0.717, 1.165) is 31.8 Å². The first-order valence-electron chi connectivity index (χ1n) is 29.4. The van der Waals surface area contributed by atoms with E-state index in [1.54, 1.807) is 32.6 Å². The van der Waals surface area contributed by atoms with Crippen LogP contribution < -0.4 is 15.9 Å². The van der Waals surface area contributed by atoms with Gasteiger partial charge in [-0.05, 0) is 167 Å². The van der Waals surface area contributed by atoms with Crippen molar-refractivity contribution in [2.24, 2.45) is 17.8 Å². The van der Waals surface area contributed by atoms with Gasteiger partial charge in [0.05, 0.1) is 42.0 Å². The number of amides is 1. The number of rotatable bonds is 21. The molecule has 0 aliphatic carbocycles. The van der Waals surface area contributed by atoms with Gasteiger partial charge in [0.25, 0.3) is 0 Å². The summed E-state index contributed by atoms with van der Waals surface area (Å²) in [5, 5.41) is 64.0. The van der Waals surface area contributed by atoms with Crippen molar-refractivity contribution in [3.63, 3.8) is 0 Å². The van der Waals surface area contributed by atoms with Crippen LogP contribution in [0.5, 0.6) is 0 Å². The number of nitrogens with zero attached hydrogens (tertiary/aromatic N) is 2. The maximum Gasteiger partial charge on any atom is 0.311 e. The number of aliphatic hydroxyl groups excluding tert-OH is 3. The molecule has 77 heavy (non-hydrogen) atoms. The van der Waals surface area contributed by atoms with Crippen molar-refractivity contribution in [2.75, 3.05) is 26.8 Å². The second-order valence-corrected chi connectivity index (χ2v) is 28.0. The summed E-state index contributed by atoms with van der Waals surface area (Å²) in [6.07, 6.45) is 6.67. The smallest absolute Gasteiger partial charge is 0.311 e. The monoisotopic (exact) mass is 1090 g/mol. The molecule has 0 spiro atoms. The van der Waals surface area contributed by atoms with Crippen LogP contribution in [-0.2, 0) is 23.8 Å². The van der Waals surface area contributed by atoms with E-state index in [1.165, 1.54) is 85.0 Å². The highest BCUT2D eigenvalue weighted by Crippen LogP contribution is 2.56. The lowest BCUT2D eigenvalue weighted by Crippen LogP contribution is -2.60. The largest absolute Gasteiger partial charge is 0.459 e. The molecule has 0 radical (unpaired) electrons. The number of hydrogen-bond donors (Lipinski definition) is 5.